The molecule has 0 saturated heterocycles. The summed E-state index contributed by atoms with van der Waals surface area (Å²) in [4.78, 5) is 25.2. The fourth-order valence-electron chi connectivity index (χ4n) is 3.31. The summed E-state index contributed by atoms with van der Waals surface area (Å²) in [7, 11) is 0. The first-order chi connectivity index (χ1) is 16.3. The number of halogens is 2. The van der Waals surface area contributed by atoms with Crippen LogP contribution in [0.3, 0.4) is 0 Å². The molecule has 0 saturated carbocycles. The normalized spacial score (nSPS) is 10.7. The van der Waals surface area contributed by atoms with E-state index in [0.29, 0.717) is 28.2 Å². The standard InChI is InChI=1S/C24H25Cl2N5O2S/c1-4-12-31-19(13-20(32)27-18-11-7-10-17(25)22(18)26)29-30-24(31)34-14-21(33)28-23-15(3)8-6-9-16(23)5-2/h4,6-11H,1,5,12-14H2,2-3H3,(H,27,32)(H,28,33). The lowest BCUT2D eigenvalue weighted by atomic mass is 10.1. The van der Waals surface area contributed by atoms with Gasteiger partial charge >= 0.3 is 0 Å². The molecule has 178 valence electrons. The molecule has 7 nitrogen and oxygen atoms in total. The maximum absolute atomic E-state index is 12.6. The van der Waals surface area contributed by atoms with Crippen molar-refractivity contribution in [2.24, 2.45) is 0 Å². The van der Waals surface area contributed by atoms with Gasteiger partial charge in [0.1, 0.15) is 5.82 Å². The number of carbonyl (C=O) groups is 2. The summed E-state index contributed by atoms with van der Waals surface area (Å²) >= 11 is 13.4. The molecule has 0 unspecified atom stereocenters. The fraction of sp³-hybridized carbons (Fsp3) is 0.250. The number of amides is 2. The van der Waals surface area contributed by atoms with E-state index in [2.05, 4.69) is 34.3 Å². The van der Waals surface area contributed by atoms with E-state index < -0.39 is 0 Å². The van der Waals surface area contributed by atoms with Gasteiger partial charge in [0.05, 0.1) is 27.9 Å². The quantitative estimate of drug-likeness (QED) is 0.271. The SMILES string of the molecule is C=CCn1c(CC(=O)Nc2cccc(Cl)c2Cl)nnc1SCC(=O)Nc1c(C)cccc1CC. The summed E-state index contributed by atoms with van der Waals surface area (Å²) in [5.41, 5.74) is 3.37. The van der Waals surface area contributed by atoms with Gasteiger partial charge < -0.3 is 15.2 Å². The molecule has 0 atom stereocenters. The van der Waals surface area contributed by atoms with Gasteiger partial charge in [0, 0.05) is 12.2 Å². The van der Waals surface area contributed by atoms with Gasteiger partial charge in [-0.25, -0.2) is 0 Å². The summed E-state index contributed by atoms with van der Waals surface area (Å²) in [6.45, 7) is 8.19. The number of rotatable bonds is 10. The highest BCUT2D eigenvalue weighted by Gasteiger charge is 2.18. The second-order valence-electron chi connectivity index (χ2n) is 7.42. The van der Waals surface area contributed by atoms with Gasteiger partial charge in [0.2, 0.25) is 11.8 Å². The maximum atomic E-state index is 12.6. The molecule has 0 spiro atoms. The molecular formula is C24H25Cl2N5O2S. The Kier molecular flexibility index (Phi) is 9.15. The van der Waals surface area contributed by atoms with Crippen molar-refractivity contribution in [1.29, 1.82) is 0 Å². The maximum Gasteiger partial charge on any atom is 0.234 e. The van der Waals surface area contributed by atoms with Crippen LogP contribution in [0.5, 0.6) is 0 Å². The number of para-hydroxylation sites is 1. The van der Waals surface area contributed by atoms with E-state index in [4.69, 9.17) is 23.2 Å². The number of carbonyl (C=O) groups excluding carboxylic acids is 2. The predicted molar refractivity (Wildman–Crippen MR) is 139 cm³/mol. The van der Waals surface area contributed by atoms with Gasteiger partial charge in [0.15, 0.2) is 5.16 Å². The number of anilines is 2. The van der Waals surface area contributed by atoms with Crippen molar-refractivity contribution < 1.29 is 9.59 Å². The first-order valence-electron chi connectivity index (χ1n) is 10.6. The van der Waals surface area contributed by atoms with Crippen molar-refractivity contribution in [2.45, 2.75) is 38.4 Å². The molecule has 0 aliphatic rings. The molecule has 0 bridgehead atoms. The van der Waals surface area contributed by atoms with Crippen LogP contribution in [0.4, 0.5) is 11.4 Å². The van der Waals surface area contributed by atoms with E-state index in [1.54, 1.807) is 28.8 Å². The Labute approximate surface area is 212 Å². The number of nitrogens with one attached hydrogen (secondary N) is 2. The summed E-state index contributed by atoms with van der Waals surface area (Å²) < 4.78 is 1.76. The third-order valence-electron chi connectivity index (χ3n) is 4.99. The lowest BCUT2D eigenvalue weighted by molar-refractivity contribution is -0.116. The number of allylic oxidation sites excluding steroid dienone is 1. The molecule has 0 aliphatic heterocycles. The molecule has 2 N–H and O–H groups in total. The zero-order chi connectivity index (χ0) is 24.7. The van der Waals surface area contributed by atoms with Crippen LogP contribution >= 0.6 is 35.0 Å². The Bertz CT molecular complexity index is 1210. The number of aromatic nitrogens is 3. The third-order valence-corrected chi connectivity index (χ3v) is 6.77. The van der Waals surface area contributed by atoms with E-state index >= 15 is 0 Å². The zero-order valence-electron chi connectivity index (χ0n) is 18.9. The average molecular weight is 518 g/mol. The minimum absolute atomic E-state index is 0.0283. The number of benzene rings is 2. The molecule has 1 heterocycles. The number of thioether (sulfide) groups is 1. The second kappa shape index (κ2) is 12.1. The third kappa shape index (κ3) is 6.40. The minimum atomic E-state index is -0.317. The molecule has 2 amide bonds. The van der Waals surface area contributed by atoms with Crippen LogP contribution < -0.4 is 10.6 Å². The van der Waals surface area contributed by atoms with Crippen LogP contribution in [0.2, 0.25) is 10.0 Å². The lowest BCUT2D eigenvalue weighted by Gasteiger charge is -2.13. The summed E-state index contributed by atoms with van der Waals surface area (Å²) in [5, 5.41) is 15.2. The molecule has 10 heteroatoms. The number of hydrogen-bond donors (Lipinski definition) is 2. The number of aryl methyl sites for hydroxylation is 2. The first-order valence-corrected chi connectivity index (χ1v) is 12.4. The van der Waals surface area contributed by atoms with Crippen LogP contribution in [0.1, 0.15) is 23.9 Å². The highest BCUT2D eigenvalue weighted by atomic mass is 35.5. The lowest BCUT2D eigenvalue weighted by Crippen LogP contribution is -2.18. The van der Waals surface area contributed by atoms with Gasteiger partial charge in [0.25, 0.3) is 0 Å². The van der Waals surface area contributed by atoms with Crippen molar-refractivity contribution in [3.63, 3.8) is 0 Å². The molecule has 3 rings (SSSR count). The predicted octanol–water partition coefficient (Wildman–Crippen LogP) is 5.55. The molecule has 3 aromatic rings. The Morgan fingerprint density at radius 1 is 1.12 bits per heavy atom. The van der Waals surface area contributed by atoms with Crippen molar-refractivity contribution >= 4 is 58.2 Å². The van der Waals surface area contributed by atoms with Crippen LogP contribution in [0, 0.1) is 6.92 Å². The van der Waals surface area contributed by atoms with E-state index in [9.17, 15) is 9.59 Å². The number of nitrogens with zero attached hydrogens (tertiary/aromatic N) is 3. The Hall–Kier alpha value is -2.81. The van der Waals surface area contributed by atoms with Crippen LogP contribution in [0.15, 0.2) is 54.2 Å². The van der Waals surface area contributed by atoms with Crippen molar-refractivity contribution in [2.75, 3.05) is 16.4 Å². The van der Waals surface area contributed by atoms with Crippen LogP contribution in [-0.2, 0) is 29.0 Å². The molecule has 0 radical (unpaired) electrons. The smallest absolute Gasteiger partial charge is 0.234 e. The Balaban J connectivity index is 1.67. The highest BCUT2D eigenvalue weighted by Crippen LogP contribution is 2.29. The van der Waals surface area contributed by atoms with E-state index in [0.717, 1.165) is 23.2 Å². The van der Waals surface area contributed by atoms with Gasteiger partial charge in [-0.15, -0.1) is 16.8 Å². The topological polar surface area (TPSA) is 88.9 Å². The first kappa shape index (κ1) is 25.8. The van der Waals surface area contributed by atoms with Gasteiger partial charge in [-0.05, 0) is 36.6 Å². The van der Waals surface area contributed by atoms with Crippen molar-refractivity contribution in [3.8, 4) is 0 Å². The number of hydrogen-bond acceptors (Lipinski definition) is 5. The van der Waals surface area contributed by atoms with E-state index in [1.165, 1.54) is 11.8 Å². The monoisotopic (exact) mass is 517 g/mol. The van der Waals surface area contributed by atoms with Crippen LogP contribution in [0.25, 0.3) is 0 Å². The largest absolute Gasteiger partial charge is 0.325 e. The summed E-state index contributed by atoms with van der Waals surface area (Å²) in [5.74, 6) is 0.141. The summed E-state index contributed by atoms with van der Waals surface area (Å²) in [6, 6.07) is 11.0. The molecule has 34 heavy (non-hydrogen) atoms. The molecule has 2 aromatic carbocycles. The van der Waals surface area contributed by atoms with Crippen LogP contribution in [-0.4, -0.2) is 32.3 Å². The van der Waals surface area contributed by atoms with Crippen molar-refractivity contribution in [1.82, 2.24) is 14.8 Å². The van der Waals surface area contributed by atoms with Gasteiger partial charge in [-0.3, -0.25) is 9.59 Å². The minimum Gasteiger partial charge on any atom is -0.325 e. The molecule has 0 fully saturated rings. The highest BCUT2D eigenvalue weighted by molar-refractivity contribution is 7.99. The zero-order valence-corrected chi connectivity index (χ0v) is 21.2. The fourth-order valence-corrected chi connectivity index (χ4v) is 4.43. The van der Waals surface area contributed by atoms with E-state index in [1.807, 2.05) is 25.1 Å². The summed E-state index contributed by atoms with van der Waals surface area (Å²) in [6.07, 6.45) is 2.48. The average Bonchev–Trinajstić information content (AvgIpc) is 3.18. The molecule has 1 aromatic heterocycles. The molecular weight excluding hydrogens is 493 g/mol. The Morgan fingerprint density at radius 3 is 2.62 bits per heavy atom. The molecule has 0 aliphatic carbocycles. The van der Waals surface area contributed by atoms with Gasteiger partial charge in [-0.1, -0.05) is 72.2 Å². The van der Waals surface area contributed by atoms with E-state index in [-0.39, 0.29) is 29.0 Å². The van der Waals surface area contributed by atoms with Crippen molar-refractivity contribution in [3.05, 3.63) is 76.0 Å². The second-order valence-corrected chi connectivity index (χ2v) is 9.15. The Morgan fingerprint density at radius 2 is 1.88 bits per heavy atom. The van der Waals surface area contributed by atoms with Gasteiger partial charge in [-0.2, -0.15) is 0 Å².